The van der Waals surface area contributed by atoms with E-state index in [1.54, 1.807) is 4.90 Å². The number of carbonyl (C=O) groups is 2. The second-order valence-corrected chi connectivity index (χ2v) is 11.9. The number of H-pyrrole nitrogens is 1. The number of aromatic nitrogens is 1. The fourth-order valence-electron chi connectivity index (χ4n) is 7.31. The Labute approximate surface area is 267 Å². The van der Waals surface area contributed by atoms with E-state index in [0.29, 0.717) is 40.5 Å². The number of fused-ring (bicyclic) bond motifs is 9. The van der Waals surface area contributed by atoms with Crippen molar-refractivity contribution in [1.82, 2.24) is 9.88 Å². The number of nitrogens with zero attached hydrogens (tertiary/aromatic N) is 3. The molecule has 1 unspecified atom stereocenters. The number of nitrogens with one attached hydrogen (secondary N) is 1. The molecule has 11 nitrogen and oxygen atoms in total. The Kier molecular flexibility index (Phi) is 7.19. The number of carbonyl (C=O) groups excluding carboxylic acids is 2. The van der Waals surface area contributed by atoms with E-state index >= 15 is 0 Å². The van der Waals surface area contributed by atoms with E-state index in [4.69, 9.17) is 4.74 Å². The molecule has 8 rings (SSSR count). The lowest BCUT2D eigenvalue weighted by molar-refractivity contribution is -0.555. The van der Waals surface area contributed by atoms with Gasteiger partial charge in [-0.25, -0.2) is 4.58 Å². The van der Waals surface area contributed by atoms with Gasteiger partial charge >= 0.3 is 0 Å². The summed E-state index contributed by atoms with van der Waals surface area (Å²) in [6.07, 6.45) is 4.43. The highest BCUT2D eigenvalue weighted by Gasteiger charge is 2.51. The first kappa shape index (κ1) is 29.8. The van der Waals surface area contributed by atoms with E-state index in [1.165, 1.54) is 7.05 Å². The van der Waals surface area contributed by atoms with Crippen LogP contribution >= 0.6 is 0 Å². The Morgan fingerprint density at radius 2 is 1.78 bits per heavy atom. The summed E-state index contributed by atoms with van der Waals surface area (Å²) in [7, 11) is 1.48. The summed E-state index contributed by atoms with van der Waals surface area (Å²) in [4.78, 5) is 34.1. The van der Waals surface area contributed by atoms with E-state index in [-0.39, 0.29) is 28.5 Å². The van der Waals surface area contributed by atoms with Gasteiger partial charge in [-0.3, -0.25) is 14.5 Å². The lowest BCUT2D eigenvalue weighted by Crippen LogP contribution is -3.00. The Morgan fingerprint density at radius 3 is 2.53 bits per heavy atom. The normalized spacial score (nSPS) is 28.0. The number of hydrogen-bond acceptors (Lipinski definition) is 8. The molecule has 1 fully saturated rings. The molecule has 12 heteroatoms. The average Bonchev–Trinajstić information content (AvgIpc) is 3.65. The third-order valence-electron chi connectivity index (χ3n) is 9.43. The minimum atomic E-state index is -1.59. The van der Waals surface area contributed by atoms with Crippen LogP contribution in [0.15, 0.2) is 54.6 Å². The average molecular weight is 676 g/mol. The van der Waals surface area contributed by atoms with Crippen molar-refractivity contribution in [3.05, 3.63) is 87.5 Å². The van der Waals surface area contributed by atoms with Gasteiger partial charge < -0.3 is 52.0 Å². The van der Waals surface area contributed by atoms with Crippen LogP contribution < -0.4 is 32.4 Å². The Balaban J connectivity index is 0.00000325. The molecule has 5 heterocycles. The first-order valence-corrected chi connectivity index (χ1v) is 14.6. The van der Waals surface area contributed by atoms with Crippen LogP contribution in [0.1, 0.15) is 31.8 Å². The van der Waals surface area contributed by atoms with Crippen LogP contribution in [-0.4, -0.2) is 103 Å². The summed E-state index contributed by atoms with van der Waals surface area (Å²) in [6, 6.07) is 9.54. The van der Waals surface area contributed by atoms with E-state index in [1.807, 2.05) is 54.8 Å². The summed E-state index contributed by atoms with van der Waals surface area (Å²) in [5.41, 5.74) is 4.52. The van der Waals surface area contributed by atoms with E-state index in [2.05, 4.69) is 21.7 Å². The number of benzene rings is 2. The molecule has 2 aromatic carbocycles. The number of halogens is 1. The van der Waals surface area contributed by atoms with Crippen LogP contribution in [-0.2, 0) is 17.8 Å². The number of allylic oxidation sites excluding steroid dienone is 2. The summed E-state index contributed by atoms with van der Waals surface area (Å²) >= 11 is 0. The molecular formula is C33H31BrN4O7. The molecule has 6 atom stereocenters. The van der Waals surface area contributed by atoms with Crippen molar-refractivity contribution in [3.8, 4) is 0 Å². The zero-order valence-corrected chi connectivity index (χ0v) is 25.8. The molecule has 5 N–H and O–H groups in total. The highest BCUT2D eigenvalue weighted by Crippen LogP contribution is 2.43. The van der Waals surface area contributed by atoms with Crippen molar-refractivity contribution in [2.75, 3.05) is 18.6 Å². The maximum absolute atomic E-state index is 13.8. The van der Waals surface area contributed by atoms with Gasteiger partial charge in [-0.05, 0) is 5.57 Å². The first-order chi connectivity index (χ1) is 21.3. The standard InChI is InChI=1S/C33H30N4O7.BrH/c1-35-31(42)24-22-18-14-36(13-16-7-3-2-4-8-16)12-11-19(18)34-26(22)27-23(25(24)32(35)43)17-9-5-6-10-20(17)37(27)33-30(41)29(40)28(39)21(15-38)44-33;/h2-12,20-21,28-30,33,38-41H,13-15H2,1H3;1H/t20?,21-,28-,29+,30-,33-;/m1./s1. The topological polar surface area (TPSA) is 150 Å². The van der Waals surface area contributed by atoms with Gasteiger partial charge in [0.05, 0.1) is 45.9 Å². The Morgan fingerprint density at radius 1 is 1.02 bits per heavy atom. The van der Waals surface area contributed by atoms with Gasteiger partial charge in [-0.2, -0.15) is 0 Å². The van der Waals surface area contributed by atoms with Crippen LogP contribution in [0.25, 0.3) is 22.6 Å². The van der Waals surface area contributed by atoms with Crippen molar-refractivity contribution in [1.29, 1.82) is 0 Å². The molecule has 0 radical (unpaired) electrons. The molecule has 45 heavy (non-hydrogen) atoms. The molecule has 2 amide bonds. The molecular weight excluding hydrogens is 644 g/mol. The summed E-state index contributed by atoms with van der Waals surface area (Å²) in [6.45, 7) is 0.558. The lowest BCUT2D eigenvalue weighted by Gasteiger charge is -2.46. The fraction of sp³-hybridized carbons (Fsp3) is 0.303. The number of amides is 2. The molecule has 0 saturated carbocycles. The van der Waals surface area contributed by atoms with Crippen molar-refractivity contribution in [2.24, 2.45) is 0 Å². The SMILES string of the molecule is CN1C(=O)c2c(c3c4c([nH]c3c3c2=C2C=CC=CC2N3[C@@H]2O[C@H](CO)[C@@H](O)[C@H](O)[C@H]2O)=CC=[N+](Cc2ccccc2)C4)C1=O.[Br-]. The van der Waals surface area contributed by atoms with Crippen LogP contribution in [0.3, 0.4) is 0 Å². The van der Waals surface area contributed by atoms with Gasteiger partial charge in [0.15, 0.2) is 25.5 Å². The zero-order valence-electron chi connectivity index (χ0n) is 24.2. The van der Waals surface area contributed by atoms with Gasteiger partial charge in [0.25, 0.3) is 11.8 Å². The number of anilines is 1. The molecule has 4 aliphatic heterocycles. The van der Waals surface area contributed by atoms with Crippen molar-refractivity contribution < 1.29 is 56.3 Å². The molecule has 1 aromatic heterocycles. The number of aromatic amines is 1. The Bertz CT molecular complexity index is 1980. The number of aliphatic hydroxyl groups excluding tert-OH is 4. The van der Waals surface area contributed by atoms with Crippen LogP contribution in [0.4, 0.5) is 5.69 Å². The van der Waals surface area contributed by atoms with Gasteiger partial charge in [0.1, 0.15) is 24.4 Å². The fourth-order valence-corrected chi connectivity index (χ4v) is 7.31. The highest BCUT2D eigenvalue weighted by atomic mass is 79.9. The number of rotatable bonds is 4. The van der Waals surface area contributed by atoms with Crippen LogP contribution in [0.5, 0.6) is 0 Å². The molecule has 1 saturated heterocycles. The van der Waals surface area contributed by atoms with Crippen molar-refractivity contribution in [3.63, 3.8) is 0 Å². The van der Waals surface area contributed by atoms with Gasteiger partial charge in [-0.15, -0.1) is 0 Å². The molecule has 1 aliphatic carbocycles. The molecule has 3 aromatic rings. The predicted molar refractivity (Wildman–Crippen MR) is 160 cm³/mol. The Hall–Kier alpha value is -3.91. The maximum atomic E-state index is 13.8. The van der Waals surface area contributed by atoms with Gasteiger partial charge in [0.2, 0.25) is 0 Å². The zero-order chi connectivity index (χ0) is 30.4. The summed E-state index contributed by atoms with van der Waals surface area (Å²) in [5.74, 6) is -0.807. The number of aliphatic hydroxyl groups is 4. The largest absolute Gasteiger partial charge is 1.00 e. The van der Waals surface area contributed by atoms with Crippen molar-refractivity contribution in [2.45, 2.75) is 49.8 Å². The minimum Gasteiger partial charge on any atom is -1.00 e. The van der Waals surface area contributed by atoms with Gasteiger partial charge in [0, 0.05) is 29.3 Å². The van der Waals surface area contributed by atoms with E-state index < -0.39 is 49.2 Å². The highest BCUT2D eigenvalue weighted by molar-refractivity contribution is 6.29. The smallest absolute Gasteiger partial charge is 0.262 e. The van der Waals surface area contributed by atoms with E-state index in [9.17, 15) is 30.0 Å². The number of imide groups is 1. The maximum Gasteiger partial charge on any atom is 0.262 e. The van der Waals surface area contributed by atoms with E-state index in [0.717, 1.165) is 26.9 Å². The molecule has 0 bridgehead atoms. The molecule has 232 valence electrons. The van der Waals surface area contributed by atoms with Gasteiger partial charge in [-0.1, -0.05) is 54.6 Å². The van der Waals surface area contributed by atoms with Crippen LogP contribution in [0.2, 0.25) is 0 Å². The lowest BCUT2D eigenvalue weighted by atomic mass is 9.94. The molecule has 0 spiro atoms. The van der Waals surface area contributed by atoms with Crippen LogP contribution in [0, 0.1) is 0 Å². The number of ether oxygens (including phenoxy) is 1. The summed E-state index contributed by atoms with van der Waals surface area (Å²) < 4.78 is 8.23. The molecule has 5 aliphatic rings. The second-order valence-electron chi connectivity index (χ2n) is 11.9. The van der Waals surface area contributed by atoms with Crippen molar-refractivity contribution >= 4 is 46.3 Å². The minimum absolute atomic E-state index is 0. The summed E-state index contributed by atoms with van der Waals surface area (Å²) in [5, 5.41) is 44.5. The second kappa shape index (κ2) is 10.9. The third-order valence-corrected chi connectivity index (χ3v) is 9.43. The first-order valence-electron chi connectivity index (χ1n) is 14.6. The quantitative estimate of drug-likeness (QED) is 0.140. The third kappa shape index (κ3) is 4.17. The number of hydrogen-bond donors (Lipinski definition) is 5. The monoisotopic (exact) mass is 674 g/mol. The predicted octanol–water partition coefficient (Wildman–Crippen LogP) is -3.76.